The topological polar surface area (TPSA) is 64.3 Å². The van der Waals surface area contributed by atoms with Crippen molar-refractivity contribution in [3.63, 3.8) is 0 Å². The minimum atomic E-state index is -0.233. The van der Waals surface area contributed by atoms with Gasteiger partial charge in [-0.25, -0.2) is 0 Å². The Morgan fingerprint density at radius 3 is 2.50 bits per heavy atom. The second kappa shape index (κ2) is 6.20. The molecule has 22 heavy (non-hydrogen) atoms. The predicted molar refractivity (Wildman–Crippen MR) is 86.6 cm³/mol. The van der Waals surface area contributed by atoms with Crippen LogP contribution >= 0.6 is 11.3 Å². The number of benzene rings is 1. The molecule has 0 aliphatic carbocycles. The van der Waals surface area contributed by atoms with Gasteiger partial charge in [0.1, 0.15) is 21.5 Å². The molecular weight excluding hydrogens is 296 g/mol. The average Bonchev–Trinajstić information content (AvgIpc) is 2.92. The number of carbonyl (C=O) groups excluding carboxylic acids is 1. The first kappa shape index (κ1) is 14.6. The normalized spacial score (nSPS) is 14.6. The van der Waals surface area contributed by atoms with E-state index in [0.29, 0.717) is 5.56 Å². The van der Waals surface area contributed by atoms with Gasteiger partial charge in [-0.1, -0.05) is 30.3 Å². The molecule has 0 atom stereocenters. The highest BCUT2D eigenvalue weighted by molar-refractivity contribution is 7.18. The number of aromatic hydroxyl groups is 1. The number of carbonyl (C=O) groups is 1. The fraction of sp³-hybridized carbons (Fsp3) is 0.294. The lowest BCUT2D eigenvalue weighted by Crippen LogP contribution is -2.29. The molecule has 3 rings (SSSR count). The van der Waals surface area contributed by atoms with Crippen molar-refractivity contribution in [2.45, 2.75) is 19.3 Å². The minimum absolute atomic E-state index is 0.179. The maximum Gasteiger partial charge on any atom is 0.206 e. The Labute approximate surface area is 133 Å². The molecule has 0 amide bonds. The van der Waals surface area contributed by atoms with Crippen LogP contribution in [0.4, 0.5) is 5.00 Å². The van der Waals surface area contributed by atoms with E-state index in [1.165, 1.54) is 17.8 Å². The van der Waals surface area contributed by atoms with Crippen LogP contribution in [0.1, 0.15) is 40.1 Å². The molecule has 1 saturated heterocycles. The molecule has 1 aliphatic rings. The molecule has 4 nitrogen and oxygen atoms in total. The number of piperidine rings is 1. The summed E-state index contributed by atoms with van der Waals surface area (Å²) in [6, 6.07) is 10.9. The Morgan fingerprint density at radius 2 is 1.86 bits per heavy atom. The highest BCUT2D eigenvalue weighted by atomic mass is 32.1. The third-order valence-corrected chi connectivity index (χ3v) is 5.10. The van der Waals surface area contributed by atoms with E-state index in [4.69, 9.17) is 0 Å². The van der Waals surface area contributed by atoms with E-state index in [1.54, 1.807) is 24.3 Å². The fourth-order valence-electron chi connectivity index (χ4n) is 2.71. The van der Waals surface area contributed by atoms with Crippen LogP contribution in [0.15, 0.2) is 30.3 Å². The lowest BCUT2D eigenvalue weighted by atomic mass is 10.1. The van der Waals surface area contributed by atoms with Crippen molar-refractivity contribution in [3.05, 3.63) is 46.3 Å². The monoisotopic (exact) mass is 312 g/mol. The summed E-state index contributed by atoms with van der Waals surface area (Å²) < 4.78 is 0. The van der Waals surface area contributed by atoms with E-state index in [9.17, 15) is 15.2 Å². The summed E-state index contributed by atoms with van der Waals surface area (Å²) in [5, 5.41) is 20.4. The zero-order chi connectivity index (χ0) is 15.5. The van der Waals surface area contributed by atoms with Crippen LogP contribution in [0.3, 0.4) is 0 Å². The molecule has 112 valence electrons. The first-order valence-electron chi connectivity index (χ1n) is 7.33. The van der Waals surface area contributed by atoms with E-state index in [2.05, 4.69) is 11.0 Å². The molecule has 0 unspecified atom stereocenters. The van der Waals surface area contributed by atoms with Gasteiger partial charge in [-0.3, -0.25) is 4.79 Å². The third kappa shape index (κ3) is 2.58. The van der Waals surface area contributed by atoms with Crippen molar-refractivity contribution in [2.24, 2.45) is 0 Å². The highest BCUT2D eigenvalue weighted by Crippen LogP contribution is 2.42. The predicted octanol–water partition coefficient (Wildman–Crippen LogP) is 3.55. The Balaban J connectivity index is 2.01. The van der Waals surface area contributed by atoms with E-state index in [1.807, 2.05) is 6.07 Å². The highest BCUT2D eigenvalue weighted by Gasteiger charge is 2.27. The van der Waals surface area contributed by atoms with Gasteiger partial charge in [0.15, 0.2) is 5.75 Å². The number of nitriles is 1. The zero-order valence-electron chi connectivity index (χ0n) is 12.1. The standard InChI is InChI=1S/C17H16N2O2S/c18-11-13-15(21)16(14(20)12-7-3-1-4-8-12)22-17(13)19-9-5-2-6-10-19/h1,3-4,7-8,21H,2,5-6,9-10H2. The Bertz CT molecular complexity index is 725. The zero-order valence-corrected chi connectivity index (χ0v) is 12.9. The second-order valence-corrected chi connectivity index (χ2v) is 6.31. The van der Waals surface area contributed by atoms with Gasteiger partial charge in [0, 0.05) is 18.7 Å². The van der Waals surface area contributed by atoms with E-state index >= 15 is 0 Å². The smallest absolute Gasteiger partial charge is 0.206 e. The summed E-state index contributed by atoms with van der Waals surface area (Å²) in [5.41, 5.74) is 0.750. The number of thiophene rings is 1. The molecular formula is C17H16N2O2S. The van der Waals surface area contributed by atoms with Gasteiger partial charge >= 0.3 is 0 Å². The van der Waals surface area contributed by atoms with Crippen LogP contribution < -0.4 is 4.90 Å². The van der Waals surface area contributed by atoms with Gasteiger partial charge in [-0.2, -0.15) is 5.26 Å². The van der Waals surface area contributed by atoms with Crippen LogP contribution in [-0.4, -0.2) is 24.0 Å². The first-order valence-corrected chi connectivity index (χ1v) is 8.14. The molecule has 1 N–H and O–H groups in total. The molecule has 5 heteroatoms. The van der Waals surface area contributed by atoms with Crippen LogP contribution in [0.25, 0.3) is 0 Å². The van der Waals surface area contributed by atoms with Crippen LogP contribution in [-0.2, 0) is 0 Å². The first-order chi connectivity index (χ1) is 10.7. The lowest BCUT2D eigenvalue weighted by molar-refractivity contribution is 0.104. The van der Waals surface area contributed by atoms with Gasteiger partial charge in [-0.05, 0) is 19.3 Å². The van der Waals surface area contributed by atoms with Gasteiger partial charge in [-0.15, -0.1) is 11.3 Å². The second-order valence-electron chi connectivity index (χ2n) is 5.31. The van der Waals surface area contributed by atoms with Gasteiger partial charge in [0.2, 0.25) is 5.78 Å². The van der Waals surface area contributed by atoms with Crippen molar-refractivity contribution < 1.29 is 9.90 Å². The lowest BCUT2D eigenvalue weighted by Gasteiger charge is -2.27. The molecule has 1 aliphatic heterocycles. The van der Waals surface area contributed by atoms with Crippen molar-refractivity contribution in [1.82, 2.24) is 0 Å². The molecule has 0 bridgehead atoms. The van der Waals surface area contributed by atoms with Crippen molar-refractivity contribution in [2.75, 3.05) is 18.0 Å². The van der Waals surface area contributed by atoms with Gasteiger partial charge in [0.25, 0.3) is 0 Å². The van der Waals surface area contributed by atoms with Gasteiger partial charge < -0.3 is 10.0 Å². The molecule has 1 aromatic heterocycles. The third-order valence-electron chi connectivity index (χ3n) is 3.86. The van der Waals surface area contributed by atoms with Crippen molar-refractivity contribution >= 4 is 22.1 Å². The molecule has 0 radical (unpaired) electrons. The number of hydrogen-bond donors (Lipinski definition) is 1. The Kier molecular flexibility index (Phi) is 4.12. The summed E-state index contributed by atoms with van der Waals surface area (Å²) in [6.45, 7) is 1.74. The maximum atomic E-state index is 12.6. The maximum absolute atomic E-state index is 12.6. The number of nitrogens with zero attached hydrogens (tertiary/aromatic N) is 2. The minimum Gasteiger partial charge on any atom is -0.505 e. The van der Waals surface area contributed by atoms with Crippen LogP contribution in [0.2, 0.25) is 0 Å². The molecule has 0 saturated carbocycles. The van der Waals surface area contributed by atoms with Crippen molar-refractivity contribution in [3.8, 4) is 11.8 Å². The number of ketones is 1. The van der Waals surface area contributed by atoms with Crippen LogP contribution in [0.5, 0.6) is 5.75 Å². The molecule has 0 spiro atoms. The Hall–Kier alpha value is -2.32. The molecule has 1 fully saturated rings. The van der Waals surface area contributed by atoms with E-state index in [0.717, 1.165) is 30.9 Å². The summed E-state index contributed by atoms with van der Waals surface area (Å²) in [7, 11) is 0. The van der Waals surface area contributed by atoms with Crippen LogP contribution in [0, 0.1) is 11.3 Å². The van der Waals surface area contributed by atoms with Gasteiger partial charge in [0.05, 0.1) is 0 Å². The van der Waals surface area contributed by atoms with E-state index < -0.39 is 0 Å². The largest absolute Gasteiger partial charge is 0.505 e. The summed E-state index contributed by atoms with van der Waals surface area (Å²) >= 11 is 1.22. The quantitative estimate of drug-likeness (QED) is 0.880. The number of anilines is 1. The Morgan fingerprint density at radius 1 is 1.18 bits per heavy atom. The molecule has 2 heterocycles. The number of rotatable bonds is 3. The molecule has 1 aromatic carbocycles. The summed E-state index contributed by atoms with van der Waals surface area (Å²) in [4.78, 5) is 14.9. The number of hydrogen-bond acceptors (Lipinski definition) is 5. The summed E-state index contributed by atoms with van der Waals surface area (Å²) in [5.74, 6) is -0.412. The molecule has 2 aromatic rings. The fourth-order valence-corrected chi connectivity index (χ4v) is 3.86. The van der Waals surface area contributed by atoms with Crippen molar-refractivity contribution in [1.29, 1.82) is 5.26 Å². The summed E-state index contributed by atoms with van der Waals surface area (Å²) in [6.07, 6.45) is 3.34. The average molecular weight is 312 g/mol. The SMILES string of the molecule is N#Cc1c(N2CCCCC2)sc(C(=O)c2ccccc2)c1O. The van der Waals surface area contributed by atoms with E-state index in [-0.39, 0.29) is 22.0 Å².